The van der Waals surface area contributed by atoms with Gasteiger partial charge in [0.15, 0.2) is 5.78 Å². The second-order valence-corrected chi connectivity index (χ2v) is 3.10. The number of ether oxygens (including phenoxy) is 1. The standard InChI is InChI=1S/C10H14N2O2/c1-7(14-2)10(13)5-8-6-12-4-3-9(8)11/h3-4,6-7H,5H2,1-2H3,(H2,11,12). The van der Waals surface area contributed by atoms with Gasteiger partial charge in [-0.15, -0.1) is 0 Å². The second-order valence-electron chi connectivity index (χ2n) is 3.10. The van der Waals surface area contributed by atoms with Crippen LogP contribution in [0.4, 0.5) is 5.69 Å². The lowest BCUT2D eigenvalue weighted by Crippen LogP contribution is -2.21. The Kier molecular flexibility index (Phi) is 3.59. The molecule has 0 aliphatic rings. The Morgan fingerprint density at radius 2 is 2.43 bits per heavy atom. The van der Waals surface area contributed by atoms with Crippen LogP contribution in [0, 0.1) is 0 Å². The fraction of sp³-hybridized carbons (Fsp3) is 0.400. The maximum atomic E-state index is 11.5. The van der Waals surface area contributed by atoms with Crippen LogP contribution in [0.15, 0.2) is 18.5 Å². The van der Waals surface area contributed by atoms with Gasteiger partial charge in [-0.05, 0) is 13.0 Å². The number of hydrogen-bond donors (Lipinski definition) is 1. The molecule has 14 heavy (non-hydrogen) atoms. The van der Waals surface area contributed by atoms with E-state index in [1.807, 2.05) is 0 Å². The van der Waals surface area contributed by atoms with Crippen molar-refractivity contribution in [3.05, 3.63) is 24.0 Å². The van der Waals surface area contributed by atoms with Crippen molar-refractivity contribution in [2.24, 2.45) is 0 Å². The summed E-state index contributed by atoms with van der Waals surface area (Å²) in [6.45, 7) is 1.72. The molecule has 0 saturated carbocycles. The number of nitrogens with two attached hydrogens (primary N) is 1. The van der Waals surface area contributed by atoms with Crippen molar-refractivity contribution in [2.75, 3.05) is 12.8 Å². The van der Waals surface area contributed by atoms with E-state index in [2.05, 4.69) is 4.98 Å². The van der Waals surface area contributed by atoms with E-state index >= 15 is 0 Å². The predicted octanol–water partition coefficient (Wildman–Crippen LogP) is 0.810. The summed E-state index contributed by atoms with van der Waals surface area (Å²) in [6, 6.07) is 1.68. The van der Waals surface area contributed by atoms with Crippen LogP contribution < -0.4 is 5.73 Å². The van der Waals surface area contributed by atoms with Crippen molar-refractivity contribution < 1.29 is 9.53 Å². The Balaban J connectivity index is 2.70. The molecule has 0 spiro atoms. The summed E-state index contributed by atoms with van der Waals surface area (Å²) >= 11 is 0. The summed E-state index contributed by atoms with van der Waals surface area (Å²) < 4.78 is 4.91. The molecule has 4 heteroatoms. The van der Waals surface area contributed by atoms with Crippen LogP contribution in [0.1, 0.15) is 12.5 Å². The number of carbonyl (C=O) groups is 1. The molecule has 2 N–H and O–H groups in total. The average molecular weight is 194 g/mol. The SMILES string of the molecule is COC(C)C(=O)Cc1cnccc1N. The molecule has 0 amide bonds. The highest BCUT2D eigenvalue weighted by atomic mass is 16.5. The fourth-order valence-corrected chi connectivity index (χ4v) is 1.05. The maximum absolute atomic E-state index is 11.5. The fourth-order valence-electron chi connectivity index (χ4n) is 1.05. The van der Waals surface area contributed by atoms with Crippen molar-refractivity contribution >= 4 is 11.5 Å². The van der Waals surface area contributed by atoms with E-state index in [9.17, 15) is 4.79 Å². The van der Waals surface area contributed by atoms with E-state index in [0.717, 1.165) is 5.56 Å². The van der Waals surface area contributed by atoms with E-state index in [0.29, 0.717) is 5.69 Å². The predicted molar refractivity (Wildman–Crippen MR) is 53.8 cm³/mol. The summed E-state index contributed by atoms with van der Waals surface area (Å²) in [5.74, 6) is 0.00667. The van der Waals surface area contributed by atoms with Gasteiger partial charge in [0.25, 0.3) is 0 Å². The molecule has 0 aliphatic heterocycles. The Morgan fingerprint density at radius 1 is 1.71 bits per heavy atom. The molecule has 1 aromatic heterocycles. The lowest BCUT2D eigenvalue weighted by Gasteiger charge is -2.08. The zero-order chi connectivity index (χ0) is 10.6. The molecule has 0 radical (unpaired) electrons. The van der Waals surface area contributed by atoms with Crippen LogP contribution >= 0.6 is 0 Å². The quantitative estimate of drug-likeness (QED) is 0.770. The van der Waals surface area contributed by atoms with Crippen LogP contribution in [0.25, 0.3) is 0 Å². The number of pyridine rings is 1. The van der Waals surface area contributed by atoms with Gasteiger partial charge in [-0.2, -0.15) is 0 Å². The smallest absolute Gasteiger partial charge is 0.165 e. The van der Waals surface area contributed by atoms with E-state index in [4.69, 9.17) is 10.5 Å². The van der Waals surface area contributed by atoms with Gasteiger partial charge in [-0.1, -0.05) is 0 Å². The number of nitrogens with zero attached hydrogens (tertiary/aromatic N) is 1. The third-order valence-electron chi connectivity index (χ3n) is 2.11. The summed E-state index contributed by atoms with van der Waals surface area (Å²) in [7, 11) is 1.51. The first-order chi connectivity index (χ1) is 6.65. The average Bonchev–Trinajstić information content (AvgIpc) is 2.20. The third kappa shape index (κ3) is 2.53. The first-order valence-electron chi connectivity index (χ1n) is 4.39. The van der Waals surface area contributed by atoms with Crippen molar-refractivity contribution in [2.45, 2.75) is 19.4 Å². The monoisotopic (exact) mass is 194 g/mol. The molecule has 4 nitrogen and oxygen atoms in total. The highest BCUT2D eigenvalue weighted by Crippen LogP contribution is 2.10. The number of ketones is 1. The zero-order valence-corrected chi connectivity index (χ0v) is 8.36. The van der Waals surface area contributed by atoms with Crippen LogP contribution in [0.2, 0.25) is 0 Å². The molecule has 0 fully saturated rings. The zero-order valence-electron chi connectivity index (χ0n) is 8.36. The summed E-state index contributed by atoms with van der Waals surface area (Å²) in [6.07, 6.45) is 3.09. The van der Waals surface area contributed by atoms with Crippen molar-refractivity contribution in [1.29, 1.82) is 0 Å². The number of nitrogen functional groups attached to an aromatic ring is 1. The number of aromatic nitrogens is 1. The molecule has 1 heterocycles. The largest absolute Gasteiger partial charge is 0.398 e. The number of rotatable bonds is 4. The molecule has 1 unspecified atom stereocenters. The first-order valence-corrected chi connectivity index (χ1v) is 4.39. The molecule has 0 aromatic carbocycles. The van der Waals surface area contributed by atoms with Gasteiger partial charge in [-0.3, -0.25) is 9.78 Å². The Labute approximate surface area is 83.1 Å². The minimum absolute atomic E-state index is 0.00667. The molecule has 0 aliphatic carbocycles. The Bertz CT molecular complexity index is 326. The van der Waals surface area contributed by atoms with E-state index in [-0.39, 0.29) is 12.2 Å². The van der Waals surface area contributed by atoms with Gasteiger partial charge >= 0.3 is 0 Å². The number of anilines is 1. The normalized spacial score (nSPS) is 12.4. The number of methoxy groups -OCH3 is 1. The molecular weight excluding hydrogens is 180 g/mol. The number of carbonyl (C=O) groups excluding carboxylic acids is 1. The minimum Gasteiger partial charge on any atom is -0.398 e. The Hall–Kier alpha value is -1.42. The molecule has 1 aromatic rings. The maximum Gasteiger partial charge on any atom is 0.165 e. The lowest BCUT2D eigenvalue weighted by molar-refractivity contribution is -0.127. The summed E-state index contributed by atoms with van der Waals surface area (Å²) in [5, 5.41) is 0. The van der Waals surface area contributed by atoms with Gasteiger partial charge in [0.2, 0.25) is 0 Å². The van der Waals surface area contributed by atoms with Gasteiger partial charge < -0.3 is 10.5 Å². The molecule has 76 valence electrons. The molecule has 1 atom stereocenters. The molecule has 0 saturated heterocycles. The summed E-state index contributed by atoms with van der Waals surface area (Å²) in [4.78, 5) is 15.4. The van der Waals surface area contributed by atoms with Crippen molar-refractivity contribution in [3.63, 3.8) is 0 Å². The highest BCUT2D eigenvalue weighted by Gasteiger charge is 2.13. The van der Waals surface area contributed by atoms with E-state index < -0.39 is 6.10 Å². The third-order valence-corrected chi connectivity index (χ3v) is 2.11. The van der Waals surface area contributed by atoms with Gasteiger partial charge in [0.1, 0.15) is 6.10 Å². The second kappa shape index (κ2) is 4.72. The van der Waals surface area contributed by atoms with Crippen LogP contribution in [0.5, 0.6) is 0 Å². The van der Waals surface area contributed by atoms with Crippen LogP contribution in [-0.4, -0.2) is 24.0 Å². The summed E-state index contributed by atoms with van der Waals surface area (Å²) in [5.41, 5.74) is 7.02. The number of hydrogen-bond acceptors (Lipinski definition) is 4. The van der Waals surface area contributed by atoms with Gasteiger partial charge in [-0.25, -0.2) is 0 Å². The van der Waals surface area contributed by atoms with Crippen molar-refractivity contribution in [1.82, 2.24) is 4.98 Å². The van der Waals surface area contributed by atoms with Crippen LogP contribution in [-0.2, 0) is 16.0 Å². The van der Waals surface area contributed by atoms with E-state index in [1.54, 1.807) is 25.4 Å². The first kappa shape index (κ1) is 10.7. The minimum atomic E-state index is -0.394. The van der Waals surface area contributed by atoms with Crippen LogP contribution in [0.3, 0.4) is 0 Å². The number of Topliss-reactive ketones (excluding diaryl/α,β-unsaturated/α-hetero) is 1. The van der Waals surface area contributed by atoms with E-state index in [1.165, 1.54) is 7.11 Å². The molecular formula is C10H14N2O2. The Morgan fingerprint density at radius 3 is 3.00 bits per heavy atom. The molecule has 1 rings (SSSR count). The lowest BCUT2D eigenvalue weighted by atomic mass is 10.1. The van der Waals surface area contributed by atoms with Gasteiger partial charge in [0.05, 0.1) is 0 Å². The van der Waals surface area contributed by atoms with Gasteiger partial charge in [0, 0.05) is 37.2 Å². The highest BCUT2D eigenvalue weighted by molar-refractivity contribution is 5.85. The van der Waals surface area contributed by atoms with Crippen molar-refractivity contribution in [3.8, 4) is 0 Å². The molecule has 0 bridgehead atoms. The topological polar surface area (TPSA) is 65.2 Å².